The van der Waals surface area contributed by atoms with E-state index in [2.05, 4.69) is 4.90 Å². The Morgan fingerprint density at radius 2 is 2.00 bits per heavy atom. The van der Waals surface area contributed by atoms with Gasteiger partial charge in [0.05, 0.1) is 25.3 Å². The summed E-state index contributed by atoms with van der Waals surface area (Å²) in [5.41, 5.74) is 0.943. The van der Waals surface area contributed by atoms with Crippen LogP contribution in [-0.2, 0) is 16.1 Å². The lowest BCUT2D eigenvalue weighted by molar-refractivity contribution is -0.133. The number of nitrogens with zero attached hydrogens (tertiary/aromatic N) is 2. The number of rotatable bonds is 6. The van der Waals surface area contributed by atoms with E-state index in [0.717, 1.165) is 39.0 Å². The van der Waals surface area contributed by atoms with Gasteiger partial charge in [-0.05, 0) is 30.7 Å². The van der Waals surface area contributed by atoms with E-state index in [1.807, 2.05) is 4.90 Å². The number of piperidine rings is 1. The van der Waals surface area contributed by atoms with Gasteiger partial charge in [0.25, 0.3) is 0 Å². The van der Waals surface area contributed by atoms with Crippen molar-refractivity contribution in [2.24, 2.45) is 11.8 Å². The number of hydrogen-bond acceptors (Lipinski definition) is 4. The molecule has 138 valence electrons. The second-order valence-corrected chi connectivity index (χ2v) is 7.03. The fourth-order valence-corrected chi connectivity index (χ4v) is 3.91. The van der Waals surface area contributed by atoms with E-state index in [4.69, 9.17) is 4.74 Å². The first kappa shape index (κ1) is 18.1. The lowest BCUT2D eigenvalue weighted by Gasteiger charge is -2.47. The highest BCUT2D eigenvalue weighted by Crippen LogP contribution is 2.36. The Hall–Kier alpha value is -1.66. The van der Waals surface area contributed by atoms with Crippen LogP contribution in [-0.4, -0.2) is 55.8 Å². The second-order valence-electron chi connectivity index (χ2n) is 7.03. The fraction of sp³-hybridized carbons (Fsp3) is 0.632. The maximum absolute atomic E-state index is 14.3. The molecular formula is C19H27FN2O3. The predicted molar refractivity (Wildman–Crippen MR) is 93.8 cm³/mol. The van der Waals surface area contributed by atoms with Gasteiger partial charge >= 0.3 is 0 Å². The monoisotopic (exact) mass is 350 g/mol. The molecule has 3 rings (SSSR count). The highest BCUT2D eigenvalue weighted by molar-refractivity contribution is 5.76. The molecule has 2 heterocycles. The molecule has 2 aliphatic rings. The minimum absolute atomic E-state index is 0.179. The van der Waals surface area contributed by atoms with Crippen LogP contribution in [0.25, 0.3) is 0 Å². The van der Waals surface area contributed by atoms with E-state index >= 15 is 0 Å². The number of aliphatic hydroxyl groups is 1. The van der Waals surface area contributed by atoms with Gasteiger partial charge in [0.1, 0.15) is 0 Å². The topological polar surface area (TPSA) is 53.0 Å². The molecule has 25 heavy (non-hydrogen) atoms. The van der Waals surface area contributed by atoms with Gasteiger partial charge in [-0.25, -0.2) is 4.39 Å². The Bertz CT molecular complexity index is 596. The number of methoxy groups -OCH3 is 1. The molecular weight excluding hydrogens is 323 g/mol. The van der Waals surface area contributed by atoms with E-state index in [1.54, 1.807) is 25.3 Å². The number of ether oxygens (including phenoxy) is 1. The number of benzene rings is 1. The third-order valence-corrected chi connectivity index (χ3v) is 5.56. The molecule has 0 unspecified atom stereocenters. The summed E-state index contributed by atoms with van der Waals surface area (Å²) in [6.45, 7) is 3.56. The van der Waals surface area contributed by atoms with Crippen molar-refractivity contribution < 1.29 is 19.0 Å². The summed E-state index contributed by atoms with van der Waals surface area (Å²) in [5.74, 6) is 1.04. The molecule has 1 N–H and O–H groups in total. The van der Waals surface area contributed by atoms with Crippen molar-refractivity contribution in [1.82, 2.24) is 4.90 Å². The zero-order chi connectivity index (χ0) is 17.8. The molecule has 0 spiro atoms. The molecule has 1 amide bonds. The smallest absolute Gasteiger partial charge is 0.224 e. The summed E-state index contributed by atoms with van der Waals surface area (Å²) in [4.78, 5) is 16.0. The standard InChI is InChI=1S/C19H27FN2O3/c1-25-10-7-18(24)21-8-5-14(6-9-21)16-11-22(12-16)17-4-2-3-15(13-23)19(17)20/h2-4,14,16,23H,5-13H2,1H3. The van der Waals surface area contributed by atoms with Crippen molar-refractivity contribution in [2.45, 2.75) is 25.9 Å². The minimum atomic E-state index is -0.304. The quantitative estimate of drug-likeness (QED) is 0.853. The number of halogens is 1. The summed E-state index contributed by atoms with van der Waals surface area (Å²) in [6, 6.07) is 5.19. The van der Waals surface area contributed by atoms with Crippen molar-refractivity contribution in [3.8, 4) is 0 Å². The molecule has 0 saturated carbocycles. The molecule has 0 atom stereocenters. The van der Waals surface area contributed by atoms with Gasteiger partial charge in [0.15, 0.2) is 5.82 Å². The summed E-state index contributed by atoms with van der Waals surface area (Å²) in [7, 11) is 1.61. The van der Waals surface area contributed by atoms with Crippen molar-refractivity contribution in [1.29, 1.82) is 0 Å². The first-order chi connectivity index (χ1) is 12.1. The maximum Gasteiger partial charge on any atom is 0.224 e. The molecule has 6 heteroatoms. The SMILES string of the molecule is COCCC(=O)N1CCC(C2CN(c3cccc(CO)c3F)C2)CC1. The Labute approximate surface area is 148 Å². The highest BCUT2D eigenvalue weighted by atomic mass is 19.1. The van der Waals surface area contributed by atoms with Crippen LogP contribution in [0.2, 0.25) is 0 Å². The van der Waals surface area contributed by atoms with Gasteiger partial charge in [0.2, 0.25) is 5.91 Å². The van der Waals surface area contributed by atoms with Gasteiger partial charge in [0, 0.05) is 38.9 Å². The minimum Gasteiger partial charge on any atom is -0.392 e. The van der Waals surface area contributed by atoms with Crippen LogP contribution < -0.4 is 4.90 Å². The van der Waals surface area contributed by atoms with Crippen molar-refractivity contribution >= 4 is 11.6 Å². The first-order valence-corrected chi connectivity index (χ1v) is 9.04. The third kappa shape index (κ3) is 3.96. The number of amides is 1. The van der Waals surface area contributed by atoms with Gasteiger partial charge in [-0.1, -0.05) is 12.1 Å². The molecule has 1 aromatic carbocycles. The van der Waals surface area contributed by atoms with E-state index in [0.29, 0.717) is 36.1 Å². The molecule has 0 aliphatic carbocycles. The molecule has 2 saturated heterocycles. The fourth-order valence-electron chi connectivity index (χ4n) is 3.91. The Morgan fingerprint density at radius 3 is 2.64 bits per heavy atom. The lowest BCUT2D eigenvalue weighted by Crippen LogP contribution is -2.53. The normalized spacial score (nSPS) is 19.2. The van der Waals surface area contributed by atoms with Gasteiger partial charge in [-0.3, -0.25) is 4.79 Å². The first-order valence-electron chi connectivity index (χ1n) is 9.04. The average Bonchev–Trinajstić information content (AvgIpc) is 2.60. The summed E-state index contributed by atoms with van der Waals surface area (Å²) >= 11 is 0. The van der Waals surface area contributed by atoms with Gasteiger partial charge < -0.3 is 19.6 Å². The predicted octanol–water partition coefficient (Wildman–Crippen LogP) is 2.03. The molecule has 2 fully saturated rings. The highest BCUT2D eigenvalue weighted by Gasteiger charge is 2.36. The Kier molecular flexibility index (Phi) is 5.91. The number of hydrogen-bond donors (Lipinski definition) is 1. The summed E-state index contributed by atoms with van der Waals surface area (Å²) in [5, 5.41) is 9.20. The van der Waals surface area contributed by atoms with Crippen LogP contribution in [0.1, 0.15) is 24.8 Å². The lowest BCUT2D eigenvalue weighted by atomic mass is 9.79. The van der Waals surface area contributed by atoms with E-state index in [-0.39, 0.29) is 18.3 Å². The van der Waals surface area contributed by atoms with E-state index < -0.39 is 0 Å². The van der Waals surface area contributed by atoms with E-state index in [9.17, 15) is 14.3 Å². The Balaban J connectivity index is 1.47. The Morgan fingerprint density at radius 1 is 1.28 bits per heavy atom. The molecule has 0 bridgehead atoms. The maximum atomic E-state index is 14.3. The molecule has 1 aromatic rings. The zero-order valence-electron chi connectivity index (χ0n) is 14.8. The van der Waals surface area contributed by atoms with Crippen molar-refractivity contribution in [3.05, 3.63) is 29.6 Å². The van der Waals surface area contributed by atoms with Gasteiger partial charge in [-0.15, -0.1) is 0 Å². The zero-order valence-corrected chi connectivity index (χ0v) is 14.8. The average molecular weight is 350 g/mol. The van der Waals surface area contributed by atoms with Crippen molar-refractivity contribution in [3.63, 3.8) is 0 Å². The van der Waals surface area contributed by atoms with Crippen LogP contribution in [0, 0.1) is 17.7 Å². The number of carbonyl (C=O) groups excluding carboxylic acids is 1. The number of likely N-dealkylation sites (tertiary alicyclic amines) is 1. The molecule has 0 radical (unpaired) electrons. The third-order valence-electron chi connectivity index (χ3n) is 5.56. The number of carbonyl (C=O) groups is 1. The van der Waals surface area contributed by atoms with Crippen molar-refractivity contribution in [2.75, 3.05) is 44.8 Å². The second kappa shape index (κ2) is 8.15. The van der Waals surface area contributed by atoms with Crippen LogP contribution in [0.5, 0.6) is 0 Å². The molecule has 0 aromatic heterocycles. The van der Waals surface area contributed by atoms with Crippen LogP contribution in [0.4, 0.5) is 10.1 Å². The van der Waals surface area contributed by atoms with Gasteiger partial charge in [-0.2, -0.15) is 0 Å². The number of anilines is 1. The molecule has 2 aliphatic heterocycles. The number of aliphatic hydroxyl groups excluding tert-OH is 1. The molecule has 5 nitrogen and oxygen atoms in total. The van der Waals surface area contributed by atoms with Crippen LogP contribution >= 0.6 is 0 Å². The van der Waals surface area contributed by atoms with Crippen LogP contribution in [0.3, 0.4) is 0 Å². The summed E-state index contributed by atoms with van der Waals surface area (Å²) in [6.07, 6.45) is 2.51. The van der Waals surface area contributed by atoms with E-state index in [1.165, 1.54) is 0 Å². The summed E-state index contributed by atoms with van der Waals surface area (Å²) < 4.78 is 19.3. The van der Waals surface area contributed by atoms with Crippen LogP contribution in [0.15, 0.2) is 18.2 Å². The largest absolute Gasteiger partial charge is 0.392 e.